The van der Waals surface area contributed by atoms with Crippen molar-refractivity contribution < 1.29 is 13.2 Å². The molecule has 1 amide bonds. The number of piperazine rings is 1. The number of likely N-dealkylation sites (N-methyl/N-ethyl adjacent to an activating group) is 1. The molecule has 1 unspecified atom stereocenters. The van der Waals surface area contributed by atoms with Crippen LogP contribution >= 0.6 is 0 Å². The van der Waals surface area contributed by atoms with E-state index in [-0.39, 0.29) is 17.7 Å². The molecule has 1 aliphatic rings. The molecule has 118 valence electrons. The van der Waals surface area contributed by atoms with Gasteiger partial charge in [-0.1, -0.05) is 13.8 Å². The molecule has 0 aromatic rings. The summed E-state index contributed by atoms with van der Waals surface area (Å²) in [5.74, 6) is -0.325. The standard InChI is InChI=1S/C14H28N2O3S/c1-11(2)12-9-15(6)7-8-16(12)13(17)10-20(18,19)14(3,4)5/h11-12H,7-10H2,1-6H3. The van der Waals surface area contributed by atoms with Gasteiger partial charge in [-0.2, -0.15) is 0 Å². The third kappa shape index (κ3) is 3.95. The predicted octanol–water partition coefficient (Wildman–Crippen LogP) is 0.998. The van der Waals surface area contributed by atoms with Crippen molar-refractivity contribution in [3.8, 4) is 0 Å². The quantitative estimate of drug-likeness (QED) is 0.780. The monoisotopic (exact) mass is 304 g/mol. The minimum absolute atomic E-state index is 0.0939. The summed E-state index contributed by atoms with van der Waals surface area (Å²) in [5.41, 5.74) is 0. The van der Waals surface area contributed by atoms with Gasteiger partial charge in [0.05, 0.1) is 4.75 Å². The van der Waals surface area contributed by atoms with Crippen molar-refractivity contribution in [2.24, 2.45) is 5.92 Å². The van der Waals surface area contributed by atoms with Crippen LogP contribution in [0.1, 0.15) is 34.6 Å². The second-order valence-corrected chi connectivity index (χ2v) is 9.78. The van der Waals surface area contributed by atoms with Crippen LogP contribution in [0, 0.1) is 5.92 Å². The Labute approximate surface area is 123 Å². The number of rotatable bonds is 3. The number of nitrogens with zero attached hydrogens (tertiary/aromatic N) is 2. The third-order valence-corrected chi connectivity index (χ3v) is 6.45. The van der Waals surface area contributed by atoms with Crippen molar-refractivity contribution in [1.29, 1.82) is 0 Å². The van der Waals surface area contributed by atoms with E-state index in [1.165, 1.54) is 0 Å². The molecule has 0 bridgehead atoms. The second kappa shape index (κ2) is 6.02. The molecule has 1 heterocycles. The zero-order valence-electron chi connectivity index (χ0n) is 13.5. The Bertz CT molecular complexity index is 452. The summed E-state index contributed by atoms with van der Waals surface area (Å²) in [6, 6.07) is 0.0939. The SMILES string of the molecule is CC(C)C1CN(C)CCN1C(=O)CS(=O)(=O)C(C)(C)C. The van der Waals surface area contributed by atoms with Crippen molar-refractivity contribution in [3.63, 3.8) is 0 Å². The Morgan fingerprint density at radius 1 is 1.25 bits per heavy atom. The van der Waals surface area contributed by atoms with Gasteiger partial charge in [0.25, 0.3) is 0 Å². The smallest absolute Gasteiger partial charge is 0.238 e. The van der Waals surface area contributed by atoms with Gasteiger partial charge >= 0.3 is 0 Å². The van der Waals surface area contributed by atoms with Crippen LogP contribution in [-0.4, -0.2) is 67.3 Å². The minimum atomic E-state index is -3.41. The van der Waals surface area contributed by atoms with E-state index in [4.69, 9.17) is 0 Å². The summed E-state index contributed by atoms with van der Waals surface area (Å²) in [4.78, 5) is 16.4. The maximum Gasteiger partial charge on any atom is 0.238 e. The van der Waals surface area contributed by atoms with Gasteiger partial charge in [0.1, 0.15) is 5.75 Å². The molecule has 1 aliphatic heterocycles. The average molecular weight is 304 g/mol. The van der Waals surface area contributed by atoms with E-state index >= 15 is 0 Å². The van der Waals surface area contributed by atoms with Crippen molar-refractivity contribution in [1.82, 2.24) is 9.80 Å². The fourth-order valence-corrected chi connectivity index (χ4v) is 3.22. The summed E-state index contributed by atoms with van der Waals surface area (Å²) >= 11 is 0. The molecule has 0 aliphatic carbocycles. The molecule has 6 heteroatoms. The van der Waals surface area contributed by atoms with Gasteiger partial charge < -0.3 is 9.80 Å². The summed E-state index contributed by atoms with van der Waals surface area (Å²) in [5, 5.41) is 0. The molecule has 1 fully saturated rings. The highest BCUT2D eigenvalue weighted by Gasteiger charge is 2.36. The second-order valence-electron chi connectivity index (χ2n) is 7.03. The van der Waals surface area contributed by atoms with E-state index in [2.05, 4.69) is 18.7 Å². The Balaban J connectivity index is 2.86. The van der Waals surface area contributed by atoms with Crippen molar-refractivity contribution >= 4 is 15.7 Å². The molecule has 0 N–H and O–H groups in total. The minimum Gasteiger partial charge on any atom is -0.336 e. The average Bonchev–Trinajstić information content (AvgIpc) is 2.26. The van der Waals surface area contributed by atoms with Gasteiger partial charge in [0.2, 0.25) is 5.91 Å². The van der Waals surface area contributed by atoms with E-state index in [0.29, 0.717) is 12.5 Å². The van der Waals surface area contributed by atoms with Crippen molar-refractivity contribution in [2.45, 2.75) is 45.4 Å². The Morgan fingerprint density at radius 2 is 1.80 bits per heavy atom. The first-order valence-corrected chi connectivity index (χ1v) is 8.81. The highest BCUT2D eigenvalue weighted by atomic mass is 32.2. The van der Waals surface area contributed by atoms with Gasteiger partial charge in [0, 0.05) is 25.7 Å². The van der Waals surface area contributed by atoms with E-state index in [9.17, 15) is 13.2 Å². The lowest BCUT2D eigenvalue weighted by atomic mass is 10.00. The number of hydrogen-bond donors (Lipinski definition) is 0. The number of hydrogen-bond acceptors (Lipinski definition) is 4. The fourth-order valence-electron chi connectivity index (χ4n) is 2.30. The van der Waals surface area contributed by atoms with E-state index in [0.717, 1.165) is 13.1 Å². The lowest BCUT2D eigenvalue weighted by molar-refractivity contribution is -0.134. The molecule has 20 heavy (non-hydrogen) atoms. The first-order valence-electron chi connectivity index (χ1n) is 7.16. The van der Waals surface area contributed by atoms with Crippen molar-refractivity contribution in [3.05, 3.63) is 0 Å². The zero-order chi connectivity index (χ0) is 15.7. The molecular formula is C14H28N2O3S. The molecule has 0 spiro atoms. The normalized spacial score (nSPS) is 22.4. The topological polar surface area (TPSA) is 57.7 Å². The number of carbonyl (C=O) groups excluding carboxylic acids is 1. The van der Waals surface area contributed by atoms with E-state index in [1.54, 1.807) is 25.7 Å². The molecule has 0 saturated carbocycles. The van der Waals surface area contributed by atoms with Crippen LogP contribution in [0.15, 0.2) is 0 Å². The van der Waals surface area contributed by atoms with Crippen LogP contribution in [0.4, 0.5) is 0 Å². The molecule has 0 radical (unpaired) electrons. The molecule has 1 saturated heterocycles. The van der Waals surface area contributed by atoms with E-state index < -0.39 is 14.6 Å². The van der Waals surface area contributed by atoms with Crippen LogP contribution < -0.4 is 0 Å². The summed E-state index contributed by atoms with van der Waals surface area (Å²) in [6.07, 6.45) is 0. The molecule has 0 aromatic carbocycles. The lowest BCUT2D eigenvalue weighted by Crippen LogP contribution is -2.57. The maximum absolute atomic E-state index is 12.4. The molecular weight excluding hydrogens is 276 g/mol. The Morgan fingerprint density at radius 3 is 2.25 bits per heavy atom. The van der Waals surface area contributed by atoms with Gasteiger partial charge in [-0.3, -0.25) is 4.79 Å². The summed E-state index contributed by atoms with van der Waals surface area (Å²) in [6.45, 7) is 11.3. The lowest BCUT2D eigenvalue weighted by Gasteiger charge is -2.42. The molecule has 1 atom stereocenters. The first-order chi connectivity index (χ1) is 8.95. The maximum atomic E-state index is 12.4. The van der Waals surface area contributed by atoms with Crippen molar-refractivity contribution in [2.75, 3.05) is 32.4 Å². The predicted molar refractivity (Wildman–Crippen MR) is 81.4 cm³/mol. The zero-order valence-corrected chi connectivity index (χ0v) is 14.3. The van der Waals surface area contributed by atoms with Crippen LogP contribution in [0.2, 0.25) is 0 Å². The van der Waals surface area contributed by atoms with Crippen LogP contribution in [0.5, 0.6) is 0 Å². The third-order valence-electron chi connectivity index (χ3n) is 3.96. The van der Waals surface area contributed by atoms with Gasteiger partial charge in [-0.15, -0.1) is 0 Å². The fraction of sp³-hybridized carbons (Fsp3) is 0.929. The number of sulfone groups is 1. The van der Waals surface area contributed by atoms with Crippen LogP contribution in [0.25, 0.3) is 0 Å². The Kier molecular flexibility index (Phi) is 5.24. The molecule has 1 rings (SSSR count). The van der Waals surface area contributed by atoms with Gasteiger partial charge in [-0.25, -0.2) is 8.42 Å². The molecule has 5 nitrogen and oxygen atoms in total. The number of carbonyl (C=O) groups is 1. The first kappa shape index (κ1) is 17.4. The Hall–Kier alpha value is -0.620. The summed E-state index contributed by atoms with van der Waals surface area (Å²) in [7, 11) is -1.38. The van der Waals surface area contributed by atoms with Gasteiger partial charge in [-0.05, 0) is 33.7 Å². The summed E-state index contributed by atoms with van der Waals surface area (Å²) < 4.78 is 23.5. The highest BCUT2D eigenvalue weighted by Crippen LogP contribution is 2.20. The van der Waals surface area contributed by atoms with E-state index in [1.807, 2.05) is 7.05 Å². The largest absolute Gasteiger partial charge is 0.336 e. The number of amides is 1. The van der Waals surface area contributed by atoms with Gasteiger partial charge in [0.15, 0.2) is 9.84 Å². The molecule has 0 aromatic heterocycles. The highest BCUT2D eigenvalue weighted by molar-refractivity contribution is 7.93. The van der Waals surface area contributed by atoms with Crippen LogP contribution in [0.3, 0.4) is 0 Å². The van der Waals surface area contributed by atoms with Crippen LogP contribution in [-0.2, 0) is 14.6 Å².